The molecule has 1 aromatic heterocycles. The molecule has 0 spiro atoms. The maximum atomic E-state index is 4.02. The summed E-state index contributed by atoms with van der Waals surface area (Å²) in [5, 5.41) is 0. The van der Waals surface area contributed by atoms with Crippen LogP contribution < -0.4 is 0 Å². The zero-order valence-corrected chi connectivity index (χ0v) is 7.33. The Kier molecular flexibility index (Phi) is 4.99. The van der Waals surface area contributed by atoms with E-state index < -0.39 is 0 Å². The Morgan fingerprint density at radius 2 is 2.00 bits per heavy atom. The van der Waals surface area contributed by atoms with Crippen LogP contribution in [0.2, 0.25) is 0 Å². The average molecular weight is 150 g/mol. The second kappa shape index (κ2) is 5.59. The Hall–Kier alpha value is -1.18. The van der Waals surface area contributed by atoms with Crippen LogP contribution >= 0.6 is 0 Å². The lowest BCUT2D eigenvalue weighted by Gasteiger charge is -1.92. The number of hydrogen-bond donors (Lipinski definition) is 0. The molecule has 0 N–H and O–H groups in total. The van der Waals surface area contributed by atoms with Gasteiger partial charge in [-0.05, 0) is 12.5 Å². The van der Waals surface area contributed by atoms with Crippen molar-refractivity contribution in [2.24, 2.45) is 0 Å². The summed E-state index contributed by atoms with van der Waals surface area (Å²) >= 11 is 0. The summed E-state index contributed by atoms with van der Waals surface area (Å²) in [5.74, 6) is 0. The molecule has 0 fully saturated rings. The molecule has 0 aromatic carbocycles. The van der Waals surface area contributed by atoms with Crippen molar-refractivity contribution in [3.05, 3.63) is 30.9 Å². The normalized spacial score (nSPS) is 7.91. The first-order chi connectivity index (χ1) is 5.30. The summed E-state index contributed by atoms with van der Waals surface area (Å²) in [6, 6.07) is 0. The van der Waals surface area contributed by atoms with Gasteiger partial charge < -0.3 is 0 Å². The fourth-order valence-electron chi connectivity index (χ4n) is 0.519. The van der Waals surface area contributed by atoms with Crippen LogP contribution in [0.15, 0.2) is 25.2 Å². The third-order valence-electron chi connectivity index (χ3n) is 1.00. The second-order valence-electron chi connectivity index (χ2n) is 1.87. The second-order valence-corrected chi connectivity index (χ2v) is 1.87. The van der Waals surface area contributed by atoms with E-state index in [1.54, 1.807) is 18.6 Å². The van der Waals surface area contributed by atoms with Gasteiger partial charge >= 0.3 is 0 Å². The molecular formula is C9H14N2. The third kappa shape index (κ3) is 3.50. The number of hydrogen-bond acceptors (Lipinski definition) is 2. The summed E-state index contributed by atoms with van der Waals surface area (Å²) in [7, 11) is 0. The van der Waals surface area contributed by atoms with Crippen LogP contribution in [0.1, 0.15) is 26.5 Å². The van der Waals surface area contributed by atoms with Crippen LogP contribution in [-0.2, 0) is 0 Å². The first-order valence-corrected chi connectivity index (χ1v) is 3.72. The molecule has 0 aliphatic carbocycles. The molecule has 2 nitrogen and oxygen atoms in total. The lowest BCUT2D eigenvalue weighted by atomic mass is 10.3. The predicted octanol–water partition coefficient (Wildman–Crippen LogP) is 2.54. The molecule has 0 atom stereocenters. The predicted molar refractivity (Wildman–Crippen MR) is 48.1 cm³/mol. The van der Waals surface area contributed by atoms with E-state index in [2.05, 4.69) is 16.5 Å². The fourth-order valence-corrected chi connectivity index (χ4v) is 0.519. The molecule has 1 heterocycles. The number of rotatable bonds is 1. The lowest BCUT2D eigenvalue weighted by molar-refractivity contribution is 1.16. The Labute approximate surface area is 68.0 Å². The molecule has 0 bridgehead atoms. The minimum atomic E-state index is 0.859. The number of nitrogens with zero attached hydrogens (tertiary/aromatic N) is 2. The van der Waals surface area contributed by atoms with Gasteiger partial charge in [-0.3, -0.25) is 9.97 Å². The van der Waals surface area contributed by atoms with Gasteiger partial charge in [0.1, 0.15) is 0 Å². The topological polar surface area (TPSA) is 25.8 Å². The van der Waals surface area contributed by atoms with Gasteiger partial charge in [0.2, 0.25) is 0 Å². The van der Waals surface area contributed by atoms with Crippen LogP contribution in [0.5, 0.6) is 0 Å². The Balaban J connectivity index is 0.000000461. The van der Waals surface area contributed by atoms with Gasteiger partial charge in [-0.25, -0.2) is 0 Å². The molecular weight excluding hydrogens is 136 g/mol. The van der Waals surface area contributed by atoms with E-state index in [-0.39, 0.29) is 0 Å². The minimum absolute atomic E-state index is 0.859. The van der Waals surface area contributed by atoms with Gasteiger partial charge in [-0.2, -0.15) is 0 Å². The highest BCUT2D eigenvalue weighted by atomic mass is 14.8. The van der Waals surface area contributed by atoms with Gasteiger partial charge in [0.25, 0.3) is 0 Å². The highest BCUT2D eigenvalue weighted by Crippen LogP contribution is 2.02. The largest absolute Gasteiger partial charge is 0.261 e. The summed E-state index contributed by atoms with van der Waals surface area (Å²) in [5.41, 5.74) is 1.81. The van der Waals surface area contributed by atoms with Gasteiger partial charge in [-0.15, -0.1) is 0 Å². The number of allylic oxidation sites excluding steroid dienone is 1. The molecule has 60 valence electrons. The third-order valence-corrected chi connectivity index (χ3v) is 1.00. The van der Waals surface area contributed by atoms with Crippen LogP contribution in [0.4, 0.5) is 0 Å². The first kappa shape index (κ1) is 9.82. The van der Waals surface area contributed by atoms with Crippen molar-refractivity contribution in [1.82, 2.24) is 9.97 Å². The van der Waals surface area contributed by atoms with E-state index in [0.717, 1.165) is 11.3 Å². The van der Waals surface area contributed by atoms with E-state index in [1.165, 1.54) is 0 Å². The average Bonchev–Trinajstić information content (AvgIpc) is 2.10. The molecule has 0 unspecified atom stereocenters. The molecule has 0 radical (unpaired) electrons. The summed E-state index contributed by atoms with van der Waals surface area (Å²) in [4.78, 5) is 7.90. The van der Waals surface area contributed by atoms with Crippen molar-refractivity contribution in [3.8, 4) is 0 Å². The molecule has 1 rings (SSSR count). The lowest BCUT2D eigenvalue weighted by Crippen LogP contribution is -1.83. The Bertz CT molecular complexity index is 204. The molecule has 0 aliphatic heterocycles. The van der Waals surface area contributed by atoms with E-state index in [0.29, 0.717) is 0 Å². The summed E-state index contributed by atoms with van der Waals surface area (Å²) < 4.78 is 0. The number of aromatic nitrogens is 2. The van der Waals surface area contributed by atoms with Crippen molar-refractivity contribution in [1.29, 1.82) is 0 Å². The van der Waals surface area contributed by atoms with E-state index in [4.69, 9.17) is 0 Å². The van der Waals surface area contributed by atoms with Gasteiger partial charge in [0.15, 0.2) is 0 Å². The van der Waals surface area contributed by atoms with Gasteiger partial charge in [0, 0.05) is 12.4 Å². The smallest absolute Gasteiger partial charge is 0.0836 e. The molecule has 0 amide bonds. The highest BCUT2D eigenvalue weighted by molar-refractivity contribution is 5.56. The van der Waals surface area contributed by atoms with Crippen molar-refractivity contribution < 1.29 is 0 Å². The summed E-state index contributed by atoms with van der Waals surface area (Å²) in [6.07, 6.45) is 5.00. The van der Waals surface area contributed by atoms with Crippen LogP contribution in [0.3, 0.4) is 0 Å². The Morgan fingerprint density at radius 3 is 2.27 bits per heavy atom. The van der Waals surface area contributed by atoms with E-state index in [9.17, 15) is 0 Å². The van der Waals surface area contributed by atoms with Gasteiger partial charge in [-0.1, -0.05) is 20.4 Å². The first-order valence-electron chi connectivity index (χ1n) is 3.72. The molecule has 11 heavy (non-hydrogen) atoms. The Morgan fingerprint density at radius 1 is 1.36 bits per heavy atom. The van der Waals surface area contributed by atoms with Crippen LogP contribution in [0, 0.1) is 0 Å². The maximum absolute atomic E-state index is 4.02. The van der Waals surface area contributed by atoms with Crippen molar-refractivity contribution in [2.75, 3.05) is 0 Å². The van der Waals surface area contributed by atoms with Crippen LogP contribution in [0.25, 0.3) is 5.57 Å². The van der Waals surface area contributed by atoms with Crippen molar-refractivity contribution in [2.45, 2.75) is 20.8 Å². The monoisotopic (exact) mass is 150 g/mol. The van der Waals surface area contributed by atoms with E-state index >= 15 is 0 Å². The van der Waals surface area contributed by atoms with E-state index in [1.807, 2.05) is 20.8 Å². The standard InChI is InChI=1S/C7H8N2.C2H6/c1-6(2)7-5-8-3-4-9-7;1-2/h3-5H,1H2,2H3;1-2H3. The van der Waals surface area contributed by atoms with Gasteiger partial charge in [0.05, 0.1) is 11.9 Å². The SMILES string of the molecule is C=C(C)c1cnccn1.CC. The minimum Gasteiger partial charge on any atom is -0.261 e. The van der Waals surface area contributed by atoms with Crippen molar-refractivity contribution in [3.63, 3.8) is 0 Å². The zero-order valence-electron chi connectivity index (χ0n) is 7.33. The zero-order chi connectivity index (χ0) is 8.69. The molecule has 2 heteroatoms. The maximum Gasteiger partial charge on any atom is 0.0836 e. The van der Waals surface area contributed by atoms with Crippen molar-refractivity contribution >= 4 is 5.57 Å². The van der Waals surface area contributed by atoms with Crippen LogP contribution in [-0.4, -0.2) is 9.97 Å². The fraction of sp³-hybridized carbons (Fsp3) is 0.333. The molecule has 0 aliphatic rings. The molecule has 0 saturated carbocycles. The molecule has 1 aromatic rings. The highest BCUT2D eigenvalue weighted by Gasteiger charge is 1.89. The molecule has 0 saturated heterocycles. The quantitative estimate of drug-likeness (QED) is 0.614. The summed E-state index contributed by atoms with van der Waals surface area (Å²) in [6.45, 7) is 9.63.